The van der Waals surface area contributed by atoms with Gasteiger partial charge in [-0.25, -0.2) is 0 Å². The largest absolute Gasteiger partial charge is 0.497 e. The Hall–Kier alpha value is -1.02. The van der Waals surface area contributed by atoms with Crippen molar-refractivity contribution in [2.75, 3.05) is 7.11 Å². The van der Waals surface area contributed by atoms with Crippen LogP contribution in [0.5, 0.6) is 5.75 Å². The molecule has 2 aromatic carbocycles. The average molecular weight is 347 g/mol. The lowest BCUT2D eigenvalue weighted by molar-refractivity contribution is 0.213. The lowest BCUT2D eigenvalue weighted by atomic mass is 9.72. The fraction of sp³-hybridized carbons (Fsp3) is 0.474. The summed E-state index contributed by atoms with van der Waals surface area (Å²) in [7, 11) is 1.72. The maximum Gasteiger partial charge on any atom is 0.119 e. The third-order valence-electron chi connectivity index (χ3n) is 4.97. The van der Waals surface area contributed by atoms with E-state index in [4.69, 9.17) is 4.74 Å². The van der Waals surface area contributed by atoms with Gasteiger partial charge in [0.25, 0.3) is 0 Å². The molecule has 1 aliphatic rings. The molecule has 1 unspecified atom stereocenters. The van der Waals surface area contributed by atoms with Crippen LogP contribution in [0, 0.1) is 5.41 Å². The molecule has 112 valence electrons. The summed E-state index contributed by atoms with van der Waals surface area (Å²) in [6.07, 6.45) is 6.77. The molecule has 0 N–H and O–H groups in total. The Bertz CT molecular complexity index is 628. The normalized spacial score (nSPS) is 19.4. The number of alkyl halides is 1. The van der Waals surface area contributed by atoms with Gasteiger partial charge in [0, 0.05) is 4.83 Å². The monoisotopic (exact) mass is 346 g/mol. The Balaban J connectivity index is 1.93. The molecule has 1 fully saturated rings. The Kier molecular flexibility index (Phi) is 4.26. The molecule has 0 radical (unpaired) electrons. The molecular formula is C19H23BrO. The molecule has 1 nitrogen and oxygen atoms in total. The van der Waals surface area contributed by atoms with Crippen LogP contribution in [0.4, 0.5) is 0 Å². The average Bonchev–Trinajstić information content (AvgIpc) is 2.53. The summed E-state index contributed by atoms with van der Waals surface area (Å²) in [6, 6.07) is 13.1. The van der Waals surface area contributed by atoms with Gasteiger partial charge in [-0.3, -0.25) is 0 Å². The molecule has 0 spiro atoms. The van der Waals surface area contributed by atoms with Gasteiger partial charge in [-0.2, -0.15) is 0 Å². The van der Waals surface area contributed by atoms with Crippen LogP contribution in [0.2, 0.25) is 0 Å². The number of benzene rings is 2. The molecule has 0 bridgehead atoms. The van der Waals surface area contributed by atoms with Crippen molar-refractivity contribution in [2.24, 2.45) is 5.41 Å². The number of rotatable bonds is 3. The summed E-state index contributed by atoms with van der Waals surface area (Å²) in [4.78, 5) is 0.441. The van der Waals surface area contributed by atoms with Gasteiger partial charge in [-0.1, -0.05) is 60.3 Å². The minimum atomic E-state index is 0.387. The summed E-state index contributed by atoms with van der Waals surface area (Å²) in [6.45, 7) is 2.43. The number of fused-ring (bicyclic) bond motifs is 1. The first kappa shape index (κ1) is 14.9. The number of hydrogen-bond donors (Lipinski definition) is 0. The summed E-state index contributed by atoms with van der Waals surface area (Å²) >= 11 is 3.99. The topological polar surface area (TPSA) is 9.23 Å². The third-order valence-corrected chi connectivity index (χ3v) is 6.61. The molecule has 0 aliphatic heterocycles. The van der Waals surface area contributed by atoms with Crippen LogP contribution in [-0.4, -0.2) is 7.11 Å². The zero-order chi connectivity index (χ0) is 14.9. The van der Waals surface area contributed by atoms with E-state index in [-0.39, 0.29) is 0 Å². The maximum absolute atomic E-state index is 5.30. The molecular weight excluding hydrogens is 324 g/mol. The van der Waals surface area contributed by atoms with E-state index in [0.717, 1.165) is 5.75 Å². The van der Waals surface area contributed by atoms with Crippen molar-refractivity contribution < 1.29 is 4.74 Å². The second kappa shape index (κ2) is 6.00. The van der Waals surface area contributed by atoms with Gasteiger partial charge in [0.15, 0.2) is 0 Å². The van der Waals surface area contributed by atoms with Crippen molar-refractivity contribution in [2.45, 2.75) is 43.9 Å². The first-order chi connectivity index (χ1) is 10.1. The Morgan fingerprint density at radius 1 is 1.00 bits per heavy atom. The van der Waals surface area contributed by atoms with E-state index in [1.165, 1.54) is 48.4 Å². The Labute approximate surface area is 135 Å². The molecule has 1 saturated carbocycles. The van der Waals surface area contributed by atoms with Crippen LogP contribution >= 0.6 is 15.9 Å². The van der Waals surface area contributed by atoms with Crippen LogP contribution in [-0.2, 0) is 0 Å². The zero-order valence-electron chi connectivity index (χ0n) is 12.9. The lowest BCUT2D eigenvalue weighted by Crippen LogP contribution is -2.25. The van der Waals surface area contributed by atoms with E-state index in [1.54, 1.807) is 7.11 Å². The standard InChI is InChI=1S/C19H23BrO/c1-19(10-4-3-5-11-19)18(20)16-7-6-15-13-17(21-2)9-8-14(15)12-16/h6-9,12-13,18H,3-5,10-11H2,1-2H3. The van der Waals surface area contributed by atoms with Crippen LogP contribution in [0.3, 0.4) is 0 Å². The van der Waals surface area contributed by atoms with Gasteiger partial charge in [-0.05, 0) is 52.8 Å². The van der Waals surface area contributed by atoms with Crippen molar-refractivity contribution >= 4 is 26.7 Å². The summed E-state index contributed by atoms with van der Waals surface area (Å²) in [5.74, 6) is 0.921. The van der Waals surface area contributed by atoms with Gasteiger partial charge in [0.1, 0.15) is 5.75 Å². The number of ether oxygens (including phenoxy) is 1. The fourth-order valence-electron chi connectivity index (χ4n) is 3.54. The molecule has 21 heavy (non-hydrogen) atoms. The van der Waals surface area contributed by atoms with Gasteiger partial charge < -0.3 is 4.74 Å². The molecule has 0 amide bonds. The smallest absolute Gasteiger partial charge is 0.119 e. The van der Waals surface area contributed by atoms with E-state index in [9.17, 15) is 0 Å². The predicted molar refractivity (Wildman–Crippen MR) is 93.4 cm³/mol. The fourth-order valence-corrected chi connectivity index (χ4v) is 4.28. The molecule has 1 aliphatic carbocycles. The van der Waals surface area contributed by atoms with Crippen molar-refractivity contribution in [1.82, 2.24) is 0 Å². The van der Waals surface area contributed by atoms with Crippen LogP contribution in [0.25, 0.3) is 10.8 Å². The SMILES string of the molecule is COc1ccc2cc(C(Br)C3(C)CCCCC3)ccc2c1. The summed E-state index contributed by atoms with van der Waals surface area (Å²) in [5.41, 5.74) is 1.79. The molecule has 2 aromatic rings. The van der Waals surface area contributed by atoms with Crippen molar-refractivity contribution in [3.05, 3.63) is 42.0 Å². The van der Waals surface area contributed by atoms with Crippen LogP contribution in [0.1, 0.15) is 49.4 Å². The molecule has 3 rings (SSSR count). The van der Waals surface area contributed by atoms with Gasteiger partial charge in [0.05, 0.1) is 7.11 Å². The lowest BCUT2D eigenvalue weighted by Gasteiger charge is -2.38. The van der Waals surface area contributed by atoms with E-state index < -0.39 is 0 Å². The van der Waals surface area contributed by atoms with Crippen LogP contribution in [0.15, 0.2) is 36.4 Å². The van der Waals surface area contributed by atoms with Gasteiger partial charge in [0.2, 0.25) is 0 Å². The zero-order valence-corrected chi connectivity index (χ0v) is 14.4. The van der Waals surface area contributed by atoms with Crippen molar-refractivity contribution in [1.29, 1.82) is 0 Å². The highest BCUT2D eigenvalue weighted by Gasteiger charge is 2.34. The second-order valence-electron chi connectivity index (χ2n) is 6.55. The van der Waals surface area contributed by atoms with Crippen molar-refractivity contribution in [3.63, 3.8) is 0 Å². The number of hydrogen-bond acceptors (Lipinski definition) is 1. The van der Waals surface area contributed by atoms with Gasteiger partial charge in [-0.15, -0.1) is 0 Å². The Morgan fingerprint density at radius 3 is 2.38 bits per heavy atom. The first-order valence-corrected chi connectivity index (χ1v) is 8.76. The second-order valence-corrected chi connectivity index (χ2v) is 7.47. The van der Waals surface area contributed by atoms with Crippen LogP contribution < -0.4 is 4.74 Å². The van der Waals surface area contributed by atoms with E-state index in [1.807, 2.05) is 6.07 Å². The molecule has 0 heterocycles. The summed E-state index contributed by atoms with van der Waals surface area (Å²) in [5, 5.41) is 2.53. The highest BCUT2D eigenvalue weighted by molar-refractivity contribution is 9.09. The molecule has 0 saturated heterocycles. The van der Waals surface area contributed by atoms with E-state index >= 15 is 0 Å². The number of methoxy groups -OCH3 is 1. The minimum absolute atomic E-state index is 0.387. The predicted octanol–water partition coefficient (Wildman–Crippen LogP) is 6.25. The Morgan fingerprint density at radius 2 is 1.67 bits per heavy atom. The van der Waals surface area contributed by atoms with Gasteiger partial charge >= 0.3 is 0 Å². The first-order valence-electron chi connectivity index (χ1n) is 7.84. The van der Waals surface area contributed by atoms with E-state index in [2.05, 4.69) is 53.2 Å². The molecule has 1 atom stereocenters. The molecule has 0 aromatic heterocycles. The highest BCUT2D eigenvalue weighted by Crippen LogP contribution is 2.50. The summed E-state index contributed by atoms with van der Waals surface area (Å²) < 4.78 is 5.30. The van der Waals surface area contributed by atoms with E-state index in [0.29, 0.717) is 10.2 Å². The quantitative estimate of drug-likeness (QED) is 0.596. The number of halogens is 1. The maximum atomic E-state index is 5.30. The molecule has 2 heteroatoms. The highest BCUT2D eigenvalue weighted by atomic mass is 79.9. The van der Waals surface area contributed by atoms with Crippen molar-refractivity contribution in [3.8, 4) is 5.75 Å². The third kappa shape index (κ3) is 2.96. The minimum Gasteiger partial charge on any atom is -0.497 e.